The number of sulfonamides is 1. The first-order chi connectivity index (χ1) is 8.26. The normalized spacial score (nSPS) is 12.8. The highest BCUT2D eigenvalue weighted by atomic mass is 32.2. The summed E-state index contributed by atoms with van der Waals surface area (Å²) in [4.78, 5) is 21.9. The Bertz CT molecular complexity index is 382. The van der Waals surface area contributed by atoms with Gasteiger partial charge in [0.1, 0.15) is 6.04 Å². The number of hydrogen-bond acceptors (Lipinski definition) is 4. The van der Waals surface area contributed by atoms with Gasteiger partial charge in [-0.3, -0.25) is 0 Å². The van der Waals surface area contributed by atoms with E-state index in [4.69, 9.17) is 5.11 Å². The van der Waals surface area contributed by atoms with Crippen molar-refractivity contribution < 1.29 is 23.1 Å². The second kappa shape index (κ2) is 7.88. The predicted octanol–water partition coefficient (Wildman–Crippen LogP) is -0.912. The Morgan fingerprint density at radius 2 is 1.89 bits per heavy atom. The van der Waals surface area contributed by atoms with Crippen molar-refractivity contribution in [2.45, 2.75) is 25.8 Å². The number of rotatable bonds is 8. The Balaban J connectivity index is 3.75. The van der Waals surface area contributed by atoms with Crippen LogP contribution in [0.3, 0.4) is 0 Å². The first-order valence-electron chi connectivity index (χ1n) is 5.48. The maximum atomic E-state index is 11.3. The fourth-order valence-electron chi connectivity index (χ4n) is 1.10. The lowest BCUT2D eigenvalue weighted by Crippen LogP contribution is -2.46. The summed E-state index contributed by atoms with van der Waals surface area (Å²) in [5, 5.41) is 13.4. The molecule has 0 bridgehead atoms. The van der Waals surface area contributed by atoms with E-state index in [1.54, 1.807) is 6.92 Å². The van der Waals surface area contributed by atoms with Gasteiger partial charge in [-0.25, -0.2) is 22.7 Å². The largest absolute Gasteiger partial charge is 0.480 e. The maximum absolute atomic E-state index is 11.3. The summed E-state index contributed by atoms with van der Waals surface area (Å²) in [6.45, 7) is 2.12. The highest BCUT2D eigenvalue weighted by Gasteiger charge is 2.16. The van der Waals surface area contributed by atoms with Gasteiger partial charge in [-0.1, -0.05) is 6.92 Å². The lowest BCUT2D eigenvalue weighted by molar-refractivity contribution is -0.139. The number of amides is 2. The Labute approximate surface area is 106 Å². The molecular formula is C9H19N3O5S. The van der Waals surface area contributed by atoms with Crippen LogP contribution in [-0.2, 0) is 14.8 Å². The van der Waals surface area contributed by atoms with Crippen molar-refractivity contribution in [1.29, 1.82) is 0 Å². The summed E-state index contributed by atoms with van der Waals surface area (Å²) in [6.07, 6.45) is 1.76. The third kappa shape index (κ3) is 8.76. The van der Waals surface area contributed by atoms with E-state index in [1.807, 2.05) is 0 Å². The van der Waals surface area contributed by atoms with Crippen LogP contribution < -0.4 is 15.4 Å². The number of carboxylic acid groups (broad SMARTS) is 1. The quantitative estimate of drug-likeness (QED) is 0.429. The van der Waals surface area contributed by atoms with Gasteiger partial charge in [-0.2, -0.15) is 0 Å². The van der Waals surface area contributed by atoms with E-state index < -0.39 is 28.1 Å². The third-order valence-electron chi connectivity index (χ3n) is 2.02. The van der Waals surface area contributed by atoms with Gasteiger partial charge in [-0.05, 0) is 12.8 Å². The lowest BCUT2D eigenvalue weighted by Gasteiger charge is -2.13. The topological polar surface area (TPSA) is 125 Å². The average Bonchev–Trinajstić information content (AvgIpc) is 2.23. The molecule has 9 heteroatoms. The summed E-state index contributed by atoms with van der Waals surface area (Å²) in [5.41, 5.74) is 0. The van der Waals surface area contributed by atoms with Crippen LogP contribution in [0.1, 0.15) is 19.8 Å². The molecule has 0 aromatic carbocycles. The molecule has 1 atom stereocenters. The van der Waals surface area contributed by atoms with Gasteiger partial charge in [0.15, 0.2) is 0 Å². The van der Waals surface area contributed by atoms with Gasteiger partial charge in [0.05, 0.1) is 6.26 Å². The number of carbonyl (C=O) groups is 2. The third-order valence-corrected chi connectivity index (χ3v) is 2.74. The van der Waals surface area contributed by atoms with Gasteiger partial charge in [0.25, 0.3) is 0 Å². The van der Waals surface area contributed by atoms with Gasteiger partial charge in [0, 0.05) is 13.1 Å². The minimum absolute atomic E-state index is 0.218. The predicted molar refractivity (Wildman–Crippen MR) is 65.7 cm³/mol. The van der Waals surface area contributed by atoms with Crippen LogP contribution in [0.4, 0.5) is 4.79 Å². The molecule has 0 heterocycles. The molecule has 0 spiro atoms. The summed E-state index contributed by atoms with van der Waals surface area (Å²) >= 11 is 0. The fourth-order valence-corrected chi connectivity index (χ4v) is 1.61. The van der Waals surface area contributed by atoms with Gasteiger partial charge in [-0.15, -0.1) is 0 Å². The number of hydrogen-bond donors (Lipinski definition) is 4. The summed E-state index contributed by atoms with van der Waals surface area (Å²) in [5.74, 6) is -1.09. The van der Waals surface area contributed by atoms with Crippen molar-refractivity contribution in [3.63, 3.8) is 0 Å². The molecule has 0 aliphatic carbocycles. The highest BCUT2D eigenvalue weighted by Crippen LogP contribution is 1.90. The molecule has 2 amide bonds. The molecule has 0 radical (unpaired) electrons. The molecule has 0 aromatic heterocycles. The first-order valence-corrected chi connectivity index (χ1v) is 7.37. The van der Waals surface area contributed by atoms with E-state index in [9.17, 15) is 18.0 Å². The van der Waals surface area contributed by atoms with E-state index in [1.165, 1.54) is 0 Å². The Hall–Kier alpha value is -1.35. The van der Waals surface area contributed by atoms with E-state index in [-0.39, 0.29) is 13.1 Å². The minimum Gasteiger partial charge on any atom is -0.480 e. The number of nitrogens with one attached hydrogen (secondary N) is 3. The Kier molecular flexibility index (Phi) is 7.29. The SMILES string of the molecule is CC[C@H](NC(=O)NCCCNS(C)(=O)=O)C(=O)O. The van der Waals surface area contributed by atoms with E-state index in [2.05, 4.69) is 15.4 Å². The fraction of sp³-hybridized carbons (Fsp3) is 0.778. The Morgan fingerprint density at radius 1 is 1.28 bits per heavy atom. The van der Waals surface area contributed by atoms with E-state index >= 15 is 0 Å². The van der Waals surface area contributed by atoms with Gasteiger partial charge in [0.2, 0.25) is 10.0 Å². The molecule has 0 unspecified atom stereocenters. The number of urea groups is 1. The molecule has 0 aromatic rings. The second-order valence-corrected chi connectivity index (χ2v) is 5.55. The standard InChI is InChI=1S/C9H19N3O5S/c1-3-7(8(13)14)12-9(15)10-5-4-6-11-18(2,16)17/h7,11H,3-6H2,1-2H3,(H,13,14)(H2,10,12,15)/t7-/m0/s1. The van der Waals surface area contributed by atoms with Crippen molar-refractivity contribution in [2.75, 3.05) is 19.3 Å². The van der Waals surface area contributed by atoms with Crippen molar-refractivity contribution in [3.05, 3.63) is 0 Å². The van der Waals surface area contributed by atoms with Crippen molar-refractivity contribution >= 4 is 22.0 Å². The first kappa shape index (κ1) is 16.6. The zero-order valence-corrected chi connectivity index (χ0v) is 11.2. The van der Waals surface area contributed by atoms with Gasteiger partial charge >= 0.3 is 12.0 Å². The summed E-state index contributed by atoms with van der Waals surface area (Å²) in [6, 6.07) is -1.50. The average molecular weight is 281 g/mol. The maximum Gasteiger partial charge on any atom is 0.326 e. The lowest BCUT2D eigenvalue weighted by atomic mass is 10.2. The zero-order valence-electron chi connectivity index (χ0n) is 10.4. The molecule has 0 saturated heterocycles. The summed E-state index contributed by atoms with van der Waals surface area (Å²) in [7, 11) is -3.22. The van der Waals surface area contributed by atoms with Crippen molar-refractivity contribution in [3.8, 4) is 0 Å². The summed E-state index contributed by atoms with van der Waals surface area (Å²) < 4.78 is 23.7. The molecule has 18 heavy (non-hydrogen) atoms. The van der Waals surface area contributed by atoms with Crippen molar-refractivity contribution in [2.24, 2.45) is 0 Å². The molecule has 0 rings (SSSR count). The van der Waals surface area contributed by atoms with Crippen molar-refractivity contribution in [1.82, 2.24) is 15.4 Å². The second-order valence-electron chi connectivity index (χ2n) is 3.72. The van der Waals surface area contributed by atoms with Crippen LogP contribution in [-0.4, -0.2) is 50.9 Å². The molecule has 0 aliphatic heterocycles. The molecule has 4 N–H and O–H groups in total. The Morgan fingerprint density at radius 3 is 2.33 bits per heavy atom. The van der Waals surface area contributed by atoms with Crippen LogP contribution in [0.2, 0.25) is 0 Å². The zero-order chi connectivity index (χ0) is 14.2. The molecular weight excluding hydrogens is 262 g/mol. The van der Waals surface area contributed by atoms with Crippen LogP contribution in [0, 0.1) is 0 Å². The van der Waals surface area contributed by atoms with Gasteiger partial charge < -0.3 is 15.7 Å². The van der Waals surface area contributed by atoms with Crippen LogP contribution in [0.5, 0.6) is 0 Å². The minimum atomic E-state index is -3.22. The molecule has 8 nitrogen and oxygen atoms in total. The van der Waals surface area contributed by atoms with E-state index in [0.717, 1.165) is 6.26 Å². The molecule has 0 saturated carbocycles. The smallest absolute Gasteiger partial charge is 0.326 e. The number of carbonyl (C=O) groups excluding carboxylic acids is 1. The molecule has 0 fully saturated rings. The molecule has 106 valence electrons. The monoisotopic (exact) mass is 281 g/mol. The van der Waals surface area contributed by atoms with Crippen LogP contribution in [0.15, 0.2) is 0 Å². The van der Waals surface area contributed by atoms with E-state index in [0.29, 0.717) is 12.8 Å². The van der Waals surface area contributed by atoms with Crippen LogP contribution in [0.25, 0.3) is 0 Å². The number of aliphatic carboxylic acids is 1. The highest BCUT2D eigenvalue weighted by molar-refractivity contribution is 7.88. The number of carboxylic acids is 1. The molecule has 0 aliphatic rings. The van der Waals surface area contributed by atoms with Crippen LogP contribution >= 0.6 is 0 Å².